The third-order valence-corrected chi connectivity index (χ3v) is 2.79. The average Bonchev–Trinajstić information content (AvgIpc) is 2.48. The summed E-state index contributed by atoms with van der Waals surface area (Å²) in [5, 5.41) is 2.68. The number of aryl methyl sites for hydroxylation is 1. The first-order valence-electron chi connectivity index (χ1n) is 6.59. The van der Waals surface area contributed by atoms with Crippen molar-refractivity contribution in [1.29, 1.82) is 0 Å². The van der Waals surface area contributed by atoms with E-state index < -0.39 is 18.0 Å². The Morgan fingerprint density at radius 2 is 2.14 bits per heavy atom. The molecule has 21 heavy (non-hydrogen) atoms. The standard InChI is InChI=1S/C15H17NO5/c1-10-4-3-5-12(8-10)16-14(17)11(2)21-15(18)13-9-19-6-7-20-13/h3-5,8-9,11H,6-7H2,1-2H3,(H,16,17)/t11-/m0/s1. The summed E-state index contributed by atoms with van der Waals surface area (Å²) in [7, 11) is 0. The van der Waals surface area contributed by atoms with Crippen molar-refractivity contribution >= 4 is 17.6 Å². The predicted octanol–water partition coefficient (Wildman–Crippen LogP) is 1.75. The maximum Gasteiger partial charge on any atom is 0.377 e. The highest BCUT2D eigenvalue weighted by Crippen LogP contribution is 2.12. The first-order valence-corrected chi connectivity index (χ1v) is 6.59. The van der Waals surface area contributed by atoms with Crippen molar-refractivity contribution in [1.82, 2.24) is 0 Å². The largest absolute Gasteiger partial charge is 0.493 e. The molecular formula is C15H17NO5. The van der Waals surface area contributed by atoms with E-state index in [1.165, 1.54) is 13.2 Å². The van der Waals surface area contributed by atoms with Crippen LogP contribution >= 0.6 is 0 Å². The van der Waals surface area contributed by atoms with Crippen molar-refractivity contribution in [3.63, 3.8) is 0 Å². The molecule has 0 fully saturated rings. The van der Waals surface area contributed by atoms with Crippen LogP contribution in [-0.4, -0.2) is 31.2 Å². The Labute approximate surface area is 122 Å². The molecule has 0 bridgehead atoms. The second-order valence-electron chi connectivity index (χ2n) is 4.61. The molecule has 0 unspecified atom stereocenters. The number of hydrogen-bond acceptors (Lipinski definition) is 5. The number of anilines is 1. The van der Waals surface area contributed by atoms with Gasteiger partial charge in [-0.2, -0.15) is 0 Å². The Hall–Kier alpha value is -2.50. The molecule has 1 aromatic carbocycles. The number of ether oxygens (including phenoxy) is 3. The number of esters is 1. The highest BCUT2D eigenvalue weighted by molar-refractivity contribution is 5.96. The summed E-state index contributed by atoms with van der Waals surface area (Å²) >= 11 is 0. The molecule has 0 radical (unpaired) electrons. The molecule has 112 valence electrons. The normalized spacial score (nSPS) is 15.0. The van der Waals surface area contributed by atoms with E-state index in [9.17, 15) is 9.59 Å². The summed E-state index contributed by atoms with van der Waals surface area (Å²) in [5.74, 6) is -1.16. The van der Waals surface area contributed by atoms with Gasteiger partial charge in [-0.1, -0.05) is 12.1 Å². The number of amides is 1. The lowest BCUT2D eigenvalue weighted by atomic mass is 10.2. The van der Waals surface area contributed by atoms with Crippen molar-refractivity contribution in [2.24, 2.45) is 0 Å². The molecule has 1 amide bonds. The van der Waals surface area contributed by atoms with Gasteiger partial charge in [0.25, 0.3) is 5.91 Å². The molecule has 1 aliphatic rings. The summed E-state index contributed by atoms with van der Waals surface area (Å²) in [6.45, 7) is 4.09. The van der Waals surface area contributed by atoms with Crippen LogP contribution in [0.3, 0.4) is 0 Å². The monoisotopic (exact) mass is 291 g/mol. The zero-order valence-corrected chi connectivity index (χ0v) is 11.9. The fourth-order valence-corrected chi connectivity index (χ4v) is 1.71. The topological polar surface area (TPSA) is 73.9 Å². The van der Waals surface area contributed by atoms with Crippen LogP contribution < -0.4 is 5.32 Å². The molecule has 1 N–H and O–H groups in total. The molecule has 1 aromatic rings. The summed E-state index contributed by atoms with van der Waals surface area (Å²) in [6, 6.07) is 7.35. The Morgan fingerprint density at radius 3 is 2.81 bits per heavy atom. The van der Waals surface area contributed by atoms with E-state index >= 15 is 0 Å². The van der Waals surface area contributed by atoms with E-state index in [0.29, 0.717) is 12.3 Å². The maximum atomic E-state index is 12.0. The van der Waals surface area contributed by atoms with Crippen LogP contribution in [-0.2, 0) is 23.8 Å². The first kappa shape index (κ1) is 14.9. The number of benzene rings is 1. The minimum atomic E-state index is -0.940. The van der Waals surface area contributed by atoms with Crippen LogP contribution in [0.2, 0.25) is 0 Å². The summed E-state index contributed by atoms with van der Waals surface area (Å²) in [5.41, 5.74) is 1.68. The van der Waals surface area contributed by atoms with Crippen molar-refractivity contribution in [3.8, 4) is 0 Å². The predicted molar refractivity (Wildman–Crippen MR) is 75.3 cm³/mol. The summed E-state index contributed by atoms with van der Waals surface area (Å²) in [6.07, 6.45) is 0.251. The fraction of sp³-hybridized carbons (Fsp3) is 0.333. The van der Waals surface area contributed by atoms with Crippen molar-refractivity contribution in [2.45, 2.75) is 20.0 Å². The van der Waals surface area contributed by atoms with E-state index in [-0.39, 0.29) is 12.4 Å². The number of nitrogens with one attached hydrogen (secondary N) is 1. The van der Waals surface area contributed by atoms with Gasteiger partial charge in [0.1, 0.15) is 19.5 Å². The van der Waals surface area contributed by atoms with Crippen LogP contribution in [0.5, 0.6) is 0 Å². The van der Waals surface area contributed by atoms with Crippen LogP contribution in [0.25, 0.3) is 0 Å². The number of rotatable bonds is 4. The van der Waals surface area contributed by atoms with Crippen LogP contribution in [0.15, 0.2) is 36.3 Å². The van der Waals surface area contributed by atoms with Gasteiger partial charge in [-0.25, -0.2) is 4.79 Å². The Morgan fingerprint density at radius 1 is 1.33 bits per heavy atom. The van der Waals surface area contributed by atoms with Gasteiger partial charge >= 0.3 is 5.97 Å². The number of carbonyl (C=O) groups is 2. The lowest BCUT2D eigenvalue weighted by Crippen LogP contribution is -2.31. The highest BCUT2D eigenvalue weighted by atomic mass is 16.6. The van der Waals surface area contributed by atoms with Crippen LogP contribution in [0, 0.1) is 6.92 Å². The molecule has 6 heteroatoms. The maximum absolute atomic E-state index is 12.0. The van der Waals surface area contributed by atoms with E-state index in [1.54, 1.807) is 6.07 Å². The van der Waals surface area contributed by atoms with Gasteiger partial charge in [0, 0.05) is 5.69 Å². The zero-order chi connectivity index (χ0) is 15.2. The molecule has 0 aliphatic carbocycles. The molecule has 0 spiro atoms. The molecule has 0 saturated carbocycles. The zero-order valence-electron chi connectivity index (χ0n) is 11.9. The quantitative estimate of drug-likeness (QED) is 0.856. The van der Waals surface area contributed by atoms with Gasteiger partial charge in [-0.15, -0.1) is 0 Å². The van der Waals surface area contributed by atoms with Gasteiger partial charge in [0.05, 0.1) is 0 Å². The summed E-state index contributed by atoms with van der Waals surface area (Å²) < 4.78 is 15.1. The van der Waals surface area contributed by atoms with E-state index in [4.69, 9.17) is 14.2 Å². The molecule has 2 rings (SSSR count). The van der Waals surface area contributed by atoms with Crippen LogP contribution in [0.1, 0.15) is 12.5 Å². The van der Waals surface area contributed by atoms with Gasteiger partial charge in [0.15, 0.2) is 6.10 Å². The van der Waals surface area contributed by atoms with Gasteiger partial charge in [-0.3, -0.25) is 4.79 Å². The third kappa shape index (κ3) is 4.24. The van der Waals surface area contributed by atoms with E-state index in [1.807, 2.05) is 25.1 Å². The molecule has 0 aromatic heterocycles. The summed E-state index contributed by atoms with van der Waals surface area (Å²) in [4.78, 5) is 23.7. The smallest absolute Gasteiger partial charge is 0.377 e. The minimum absolute atomic E-state index is 0.0311. The molecule has 1 aliphatic heterocycles. The minimum Gasteiger partial charge on any atom is -0.493 e. The number of hydrogen-bond donors (Lipinski definition) is 1. The molecule has 0 saturated heterocycles. The third-order valence-electron chi connectivity index (χ3n) is 2.79. The van der Waals surface area contributed by atoms with Crippen LogP contribution in [0.4, 0.5) is 5.69 Å². The lowest BCUT2D eigenvalue weighted by molar-refractivity contribution is -0.153. The molecule has 6 nitrogen and oxygen atoms in total. The SMILES string of the molecule is Cc1cccc(NC(=O)[C@H](C)OC(=O)C2=COCCO2)c1. The molecular weight excluding hydrogens is 274 g/mol. The Bertz CT molecular complexity index is 567. The second-order valence-corrected chi connectivity index (χ2v) is 4.61. The van der Waals surface area contributed by atoms with Gasteiger partial charge < -0.3 is 19.5 Å². The Balaban J connectivity index is 1.90. The first-order chi connectivity index (χ1) is 10.1. The lowest BCUT2D eigenvalue weighted by Gasteiger charge is -2.17. The number of carbonyl (C=O) groups excluding carboxylic acids is 2. The van der Waals surface area contributed by atoms with Gasteiger partial charge in [0.2, 0.25) is 5.76 Å². The second kappa shape index (κ2) is 6.78. The van der Waals surface area contributed by atoms with Crippen molar-refractivity contribution < 1.29 is 23.8 Å². The van der Waals surface area contributed by atoms with Gasteiger partial charge in [-0.05, 0) is 31.5 Å². The Kier molecular flexibility index (Phi) is 4.81. The molecule has 1 heterocycles. The van der Waals surface area contributed by atoms with Crippen molar-refractivity contribution in [3.05, 3.63) is 41.9 Å². The highest BCUT2D eigenvalue weighted by Gasteiger charge is 2.23. The van der Waals surface area contributed by atoms with E-state index in [0.717, 1.165) is 5.56 Å². The molecule has 1 atom stereocenters. The van der Waals surface area contributed by atoms with E-state index in [2.05, 4.69) is 5.32 Å². The fourth-order valence-electron chi connectivity index (χ4n) is 1.71. The van der Waals surface area contributed by atoms with Crippen molar-refractivity contribution in [2.75, 3.05) is 18.5 Å². The average molecular weight is 291 g/mol.